The van der Waals surface area contributed by atoms with Crippen molar-refractivity contribution >= 4 is 5.91 Å². The van der Waals surface area contributed by atoms with E-state index in [9.17, 15) is 4.79 Å². The molecule has 2 aromatic heterocycles. The summed E-state index contributed by atoms with van der Waals surface area (Å²) >= 11 is 0. The van der Waals surface area contributed by atoms with Crippen LogP contribution in [-0.4, -0.2) is 63.1 Å². The molecular weight excluding hydrogens is 506 g/mol. The van der Waals surface area contributed by atoms with E-state index in [0.29, 0.717) is 48.8 Å². The number of para-hydroxylation sites is 2. The number of carbonyl (C=O) groups is 1. The number of ether oxygens (including phenoxy) is 2. The van der Waals surface area contributed by atoms with Crippen LogP contribution in [0.2, 0.25) is 0 Å². The number of benzene rings is 1. The van der Waals surface area contributed by atoms with Crippen molar-refractivity contribution < 1.29 is 18.8 Å². The summed E-state index contributed by atoms with van der Waals surface area (Å²) < 4.78 is 17.7. The third-order valence-corrected chi connectivity index (χ3v) is 7.76. The van der Waals surface area contributed by atoms with E-state index < -0.39 is 0 Å². The van der Waals surface area contributed by atoms with Crippen molar-refractivity contribution in [3.63, 3.8) is 0 Å². The zero-order valence-corrected chi connectivity index (χ0v) is 23.8. The second-order valence-corrected chi connectivity index (χ2v) is 11.1. The monoisotopic (exact) mass is 547 g/mol. The SMILES string of the molecule is CC(C)c1noc(CCC(=O)N2CCC(N3CCCCCCOc4ccccc4Oc4ncccc4C3)CC2)n1. The van der Waals surface area contributed by atoms with E-state index >= 15 is 0 Å². The minimum absolute atomic E-state index is 0.160. The summed E-state index contributed by atoms with van der Waals surface area (Å²) in [5.41, 5.74) is 1.06. The van der Waals surface area contributed by atoms with Gasteiger partial charge in [0.05, 0.1) is 6.61 Å². The van der Waals surface area contributed by atoms with Crippen LogP contribution in [0.5, 0.6) is 17.4 Å². The lowest BCUT2D eigenvalue weighted by Gasteiger charge is -2.39. The maximum atomic E-state index is 13.0. The van der Waals surface area contributed by atoms with Crippen LogP contribution < -0.4 is 9.47 Å². The van der Waals surface area contributed by atoms with Gasteiger partial charge in [0.25, 0.3) is 0 Å². The Hall–Kier alpha value is -3.46. The van der Waals surface area contributed by atoms with E-state index in [1.165, 1.54) is 6.42 Å². The van der Waals surface area contributed by atoms with Crippen LogP contribution in [0.15, 0.2) is 47.1 Å². The lowest BCUT2D eigenvalue weighted by atomic mass is 10.0. The Kier molecular flexibility index (Phi) is 9.65. The Morgan fingerprint density at radius 1 is 1.00 bits per heavy atom. The van der Waals surface area contributed by atoms with Gasteiger partial charge >= 0.3 is 0 Å². The van der Waals surface area contributed by atoms with Crippen LogP contribution in [0.4, 0.5) is 0 Å². The molecule has 0 radical (unpaired) electrons. The van der Waals surface area contributed by atoms with E-state index in [2.05, 4.69) is 26.1 Å². The molecule has 9 heteroatoms. The maximum Gasteiger partial charge on any atom is 0.227 e. The summed E-state index contributed by atoms with van der Waals surface area (Å²) in [6.07, 6.45) is 9.04. The number of fused-ring (bicyclic) bond motifs is 2. The van der Waals surface area contributed by atoms with Crippen LogP contribution in [0.3, 0.4) is 0 Å². The molecule has 2 aliphatic heterocycles. The van der Waals surface area contributed by atoms with E-state index in [1.807, 2.05) is 49.1 Å². The van der Waals surface area contributed by atoms with Gasteiger partial charge in [0, 0.05) is 56.2 Å². The lowest BCUT2D eigenvalue weighted by Crippen LogP contribution is -2.46. The zero-order chi connectivity index (χ0) is 27.7. The highest BCUT2D eigenvalue weighted by atomic mass is 16.5. The number of aryl methyl sites for hydroxylation is 1. The predicted molar refractivity (Wildman–Crippen MR) is 151 cm³/mol. The third-order valence-electron chi connectivity index (χ3n) is 7.76. The van der Waals surface area contributed by atoms with E-state index in [-0.39, 0.29) is 11.8 Å². The number of piperidine rings is 1. The third kappa shape index (κ3) is 7.38. The Bertz CT molecular complexity index is 1240. The summed E-state index contributed by atoms with van der Waals surface area (Å²) in [7, 11) is 0. The van der Waals surface area contributed by atoms with Crippen molar-refractivity contribution in [2.45, 2.75) is 83.7 Å². The number of pyridine rings is 1. The van der Waals surface area contributed by atoms with Gasteiger partial charge < -0.3 is 18.9 Å². The number of amides is 1. The molecule has 2 aliphatic rings. The van der Waals surface area contributed by atoms with Crippen LogP contribution in [-0.2, 0) is 17.8 Å². The molecule has 3 aromatic rings. The number of rotatable bonds is 5. The van der Waals surface area contributed by atoms with Crippen molar-refractivity contribution in [2.24, 2.45) is 0 Å². The molecule has 4 heterocycles. The average Bonchev–Trinajstić information content (AvgIpc) is 3.46. The molecule has 1 amide bonds. The van der Waals surface area contributed by atoms with Gasteiger partial charge in [-0.1, -0.05) is 50.0 Å². The standard InChI is InChI=1S/C31H41N5O4/c1-23(2)30-33-28(40-34-30)13-14-29(37)35-19-15-25(16-20-35)36-18-7-3-4-8-21-38-26-11-5-6-12-27(26)39-31-24(22-36)10-9-17-32-31/h5-6,9-12,17,23,25H,3-4,7-8,13-16,18-22H2,1-2H3. The van der Waals surface area contributed by atoms with Gasteiger partial charge in [0.1, 0.15) is 0 Å². The molecule has 0 unspecified atom stereocenters. The van der Waals surface area contributed by atoms with Crippen LogP contribution in [0, 0.1) is 0 Å². The Balaban J connectivity index is 1.22. The molecule has 9 nitrogen and oxygen atoms in total. The largest absolute Gasteiger partial charge is 0.490 e. The zero-order valence-electron chi connectivity index (χ0n) is 23.8. The number of nitrogens with zero attached hydrogens (tertiary/aromatic N) is 5. The molecule has 0 atom stereocenters. The summed E-state index contributed by atoms with van der Waals surface area (Å²) in [4.78, 5) is 26.5. The van der Waals surface area contributed by atoms with Crippen molar-refractivity contribution in [2.75, 3.05) is 26.2 Å². The summed E-state index contributed by atoms with van der Waals surface area (Å²) in [6, 6.07) is 12.3. The molecule has 1 aromatic carbocycles. The summed E-state index contributed by atoms with van der Waals surface area (Å²) in [5, 5.41) is 4.01. The second-order valence-electron chi connectivity index (χ2n) is 11.1. The van der Waals surface area contributed by atoms with E-state index in [1.54, 1.807) is 6.20 Å². The van der Waals surface area contributed by atoms with Crippen molar-refractivity contribution in [1.29, 1.82) is 0 Å². The number of carbonyl (C=O) groups excluding carboxylic acids is 1. The molecule has 0 aliphatic carbocycles. The van der Waals surface area contributed by atoms with Gasteiger partial charge in [-0.2, -0.15) is 4.98 Å². The number of aromatic nitrogens is 3. The molecule has 0 N–H and O–H groups in total. The number of hydrogen-bond donors (Lipinski definition) is 0. The van der Waals surface area contributed by atoms with Crippen LogP contribution in [0.1, 0.15) is 82.0 Å². The second kappa shape index (κ2) is 13.7. The molecule has 0 saturated carbocycles. The fourth-order valence-corrected chi connectivity index (χ4v) is 5.41. The van der Waals surface area contributed by atoms with Gasteiger partial charge in [-0.05, 0) is 50.4 Å². The predicted octanol–water partition coefficient (Wildman–Crippen LogP) is 5.76. The van der Waals surface area contributed by atoms with Gasteiger partial charge in [-0.3, -0.25) is 9.69 Å². The molecule has 40 heavy (non-hydrogen) atoms. The number of likely N-dealkylation sites (tertiary alicyclic amines) is 1. The highest BCUT2D eigenvalue weighted by molar-refractivity contribution is 5.76. The van der Waals surface area contributed by atoms with Gasteiger partial charge in [-0.25, -0.2) is 4.98 Å². The normalized spacial score (nSPS) is 17.8. The van der Waals surface area contributed by atoms with Crippen LogP contribution in [0.25, 0.3) is 0 Å². The van der Waals surface area contributed by atoms with E-state index in [0.717, 1.165) is 69.6 Å². The first-order valence-electron chi connectivity index (χ1n) is 14.7. The fourth-order valence-electron chi connectivity index (χ4n) is 5.41. The highest BCUT2D eigenvalue weighted by Crippen LogP contribution is 2.33. The molecule has 5 rings (SSSR count). The van der Waals surface area contributed by atoms with Gasteiger partial charge in [-0.15, -0.1) is 0 Å². The highest BCUT2D eigenvalue weighted by Gasteiger charge is 2.28. The smallest absolute Gasteiger partial charge is 0.227 e. The fraction of sp³-hybridized carbons (Fsp3) is 0.548. The van der Waals surface area contributed by atoms with Gasteiger partial charge in [0.15, 0.2) is 17.3 Å². The molecule has 0 bridgehead atoms. The Labute approximate surface area is 236 Å². The van der Waals surface area contributed by atoms with Crippen molar-refractivity contribution in [3.05, 3.63) is 59.9 Å². The molecule has 0 spiro atoms. The lowest BCUT2D eigenvalue weighted by molar-refractivity contribution is -0.132. The molecular formula is C31H41N5O4. The van der Waals surface area contributed by atoms with Crippen LogP contribution >= 0.6 is 0 Å². The Morgan fingerprint density at radius 2 is 1.80 bits per heavy atom. The summed E-state index contributed by atoms with van der Waals surface area (Å²) in [5.74, 6) is 3.68. The molecule has 1 fully saturated rings. The average molecular weight is 548 g/mol. The maximum absolute atomic E-state index is 13.0. The molecule has 214 valence electrons. The molecule has 1 saturated heterocycles. The first-order chi connectivity index (χ1) is 19.6. The quantitative estimate of drug-likeness (QED) is 0.398. The minimum Gasteiger partial charge on any atom is -0.490 e. The van der Waals surface area contributed by atoms with Gasteiger partial charge in [0.2, 0.25) is 17.7 Å². The number of hydrogen-bond acceptors (Lipinski definition) is 8. The minimum atomic E-state index is 0.160. The Morgan fingerprint density at radius 3 is 2.60 bits per heavy atom. The first kappa shape index (κ1) is 28.1. The van der Waals surface area contributed by atoms with E-state index in [4.69, 9.17) is 14.0 Å². The topological polar surface area (TPSA) is 93.8 Å². The summed E-state index contributed by atoms with van der Waals surface area (Å²) in [6.45, 7) is 8.04. The van der Waals surface area contributed by atoms with Crippen molar-refractivity contribution in [3.8, 4) is 17.4 Å². The first-order valence-corrected chi connectivity index (χ1v) is 14.7. The van der Waals surface area contributed by atoms with Crippen molar-refractivity contribution in [1.82, 2.24) is 24.9 Å².